The molecule has 19 heavy (non-hydrogen) atoms. The molecule has 1 aliphatic heterocycles. The first-order valence-electron chi connectivity index (χ1n) is 6.57. The van der Waals surface area contributed by atoms with Gasteiger partial charge >= 0.3 is 0 Å². The molecule has 2 unspecified atom stereocenters. The fraction of sp³-hybridized carbons (Fsp3) is 0.400. The lowest BCUT2D eigenvalue weighted by molar-refractivity contribution is -0.126. The van der Waals surface area contributed by atoms with E-state index in [1.807, 2.05) is 32.0 Å². The molecule has 0 saturated carbocycles. The van der Waals surface area contributed by atoms with Crippen molar-refractivity contribution in [3.63, 3.8) is 0 Å². The molecule has 4 nitrogen and oxygen atoms in total. The fourth-order valence-corrected chi connectivity index (χ4v) is 2.20. The van der Waals surface area contributed by atoms with Gasteiger partial charge < -0.3 is 15.4 Å². The lowest BCUT2D eigenvalue weighted by Crippen LogP contribution is -2.45. The highest BCUT2D eigenvalue weighted by Crippen LogP contribution is 2.36. The number of hydrogen-bond donors (Lipinski definition) is 1. The quantitative estimate of drug-likeness (QED) is 0.846. The Morgan fingerprint density at radius 2 is 2.32 bits per heavy atom. The zero-order chi connectivity index (χ0) is 14.0. The minimum atomic E-state index is -0.409. The van der Waals surface area contributed by atoms with E-state index >= 15 is 0 Å². The Bertz CT molecular complexity index is 497. The van der Waals surface area contributed by atoms with Crippen molar-refractivity contribution in [1.29, 1.82) is 0 Å². The number of carbonyl (C=O) groups excluding carboxylic acids is 1. The molecule has 1 aromatic rings. The summed E-state index contributed by atoms with van der Waals surface area (Å²) in [5, 5.41) is 0. The standard InChI is InChI=1S/C15H20N2O2/c1-4-8-17-12-9-11(10(3)16)6-7-14(12)19-13(5-2)15(17)18/h4,6-7,9-10,13H,1,5,8,16H2,2-3H3. The molecule has 0 aromatic heterocycles. The van der Waals surface area contributed by atoms with Crippen molar-refractivity contribution in [3.8, 4) is 5.75 Å². The number of fused-ring (bicyclic) bond motifs is 1. The summed E-state index contributed by atoms with van der Waals surface area (Å²) in [4.78, 5) is 14.0. The van der Waals surface area contributed by atoms with Crippen LogP contribution in [0.15, 0.2) is 30.9 Å². The van der Waals surface area contributed by atoms with Crippen LogP contribution in [0, 0.1) is 0 Å². The van der Waals surface area contributed by atoms with Gasteiger partial charge in [0.25, 0.3) is 5.91 Å². The predicted molar refractivity (Wildman–Crippen MR) is 76.3 cm³/mol. The third kappa shape index (κ3) is 2.49. The molecule has 0 bridgehead atoms. The number of amides is 1. The van der Waals surface area contributed by atoms with Crippen molar-refractivity contribution in [3.05, 3.63) is 36.4 Å². The monoisotopic (exact) mass is 260 g/mol. The van der Waals surface area contributed by atoms with Crippen LogP contribution in [0.3, 0.4) is 0 Å². The Morgan fingerprint density at radius 3 is 2.89 bits per heavy atom. The summed E-state index contributed by atoms with van der Waals surface area (Å²) in [7, 11) is 0. The minimum absolute atomic E-state index is 0.0169. The molecule has 4 heteroatoms. The SMILES string of the molecule is C=CCN1C(=O)C(CC)Oc2ccc(C(C)N)cc21. The van der Waals surface area contributed by atoms with E-state index in [2.05, 4.69) is 6.58 Å². The molecule has 1 aromatic carbocycles. The van der Waals surface area contributed by atoms with Gasteiger partial charge in [-0.3, -0.25) is 4.79 Å². The van der Waals surface area contributed by atoms with Crippen molar-refractivity contribution in [2.45, 2.75) is 32.4 Å². The highest BCUT2D eigenvalue weighted by atomic mass is 16.5. The summed E-state index contributed by atoms with van der Waals surface area (Å²) in [6.45, 7) is 8.05. The summed E-state index contributed by atoms with van der Waals surface area (Å²) in [6.07, 6.45) is 1.97. The zero-order valence-corrected chi connectivity index (χ0v) is 11.4. The van der Waals surface area contributed by atoms with E-state index in [4.69, 9.17) is 10.5 Å². The predicted octanol–water partition coefficient (Wildman–Crippen LogP) is 2.40. The van der Waals surface area contributed by atoms with Gasteiger partial charge in [0.15, 0.2) is 6.10 Å². The lowest BCUT2D eigenvalue weighted by atomic mass is 10.0. The normalized spacial score (nSPS) is 19.6. The second kappa shape index (κ2) is 5.45. The van der Waals surface area contributed by atoms with Crippen LogP contribution in [0.5, 0.6) is 5.75 Å². The van der Waals surface area contributed by atoms with Gasteiger partial charge in [0.2, 0.25) is 0 Å². The largest absolute Gasteiger partial charge is 0.478 e. The number of anilines is 1. The van der Waals surface area contributed by atoms with E-state index < -0.39 is 6.10 Å². The van der Waals surface area contributed by atoms with Gasteiger partial charge in [0.05, 0.1) is 5.69 Å². The van der Waals surface area contributed by atoms with Crippen molar-refractivity contribution in [2.24, 2.45) is 5.73 Å². The van der Waals surface area contributed by atoms with Crippen LogP contribution < -0.4 is 15.4 Å². The zero-order valence-electron chi connectivity index (χ0n) is 11.4. The molecule has 2 atom stereocenters. The summed E-state index contributed by atoms with van der Waals surface area (Å²) in [5.74, 6) is 0.717. The number of rotatable bonds is 4. The molecule has 0 radical (unpaired) electrons. The number of ether oxygens (including phenoxy) is 1. The van der Waals surface area contributed by atoms with Crippen LogP contribution in [-0.2, 0) is 4.79 Å². The molecule has 102 valence electrons. The van der Waals surface area contributed by atoms with E-state index in [9.17, 15) is 4.79 Å². The van der Waals surface area contributed by atoms with Crippen molar-refractivity contribution in [2.75, 3.05) is 11.4 Å². The van der Waals surface area contributed by atoms with Crippen LogP contribution in [-0.4, -0.2) is 18.6 Å². The van der Waals surface area contributed by atoms with Crippen molar-refractivity contribution in [1.82, 2.24) is 0 Å². The molecule has 0 aliphatic carbocycles. The Morgan fingerprint density at radius 1 is 1.58 bits per heavy atom. The number of nitrogens with zero attached hydrogens (tertiary/aromatic N) is 1. The number of hydrogen-bond acceptors (Lipinski definition) is 3. The average Bonchev–Trinajstić information content (AvgIpc) is 2.41. The smallest absolute Gasteiger partial charge is 0.268 e. The van der Waals surface area contributed by atoms with E-state index in [0.717, 1.165) is 17.0 Å². The molecule has 1 heterocycles. The Labute approximate surface area is 113 Å². The summed E-state index contributed by atoms with van der Waals surface area (Å²) < 4.78 is 5.74. The average molecular weight is 260 g/mol. The molecular formula is C15H20N2O2. The van der Waals surface area contributed by atoms with Crippen LogP contribution >= 0.6 is 0 Å². The van der Waals surface area contributed by atoms with Crippen LogP contribution in [0.25, 0.3) is 0 Å². The first kappa shape index (κ1) is 13.6. The highest BCUT2D eigenvalue weighted by Gasteiger charge is 2.32. The van der Waals surface area contributed by atoms with Crippen LogP contribution in [0.4, 0.5) is 5.69 Å². The van der Waals surface area contributed by atoms with Gasteiger partial charge in [-0.05, 0) is 31.0 Å². The number of carbonyl (C=O) groups is 1. The van der Waals surface area contributed by atoms with E-state index in [1.54, 1.807) is 11.0 Å². The van der Waals surface area contributed by atoms with Crippen LogP contribution in [0.2, 0.25) is 0 Å². The minimum Gasteiger partial charge on any atom is -0.478 e. The van der Waals surface area contributed by atoms with Crippen LogP contribution in [0.1, 0.15) is 31.9 Å². The molecule has 0 fully saturated rings. The Kier molecular flexibility index (Phi) is 3.90. The number of nitrogens with two attached hydrogens (primary N) is 1. The topological polar surface area (TPSA) is 55.6 Å². The highest BCUT2D eigenvalue weighted by molar-refractivity contribution is 6.00. The fourth-order valence-electron chi connectivity index (χ4n) is 2.20. The molecule has 1 amide bonds. The summed E-state index contributed by atoms with van der Waals surface area (Å²) in [6, 6.07) is 5.68. The van der Waals surface area contributed by atoms with E-state index in [1.165, 1.54) is 0 Å². The third-order valence-electron chi connectivity index (χ3n) is 3.29. The van der Waals surface area contributed by atoms with Gasteiger partial charge in [-0.15, -0.1) is 6.58 Å². The molecule has 2 N–H and O–H groups in total. The summed E-state index contributed by atoms with van der Waals surface area (Å²) >= 11 is 0. The van der Waals surface area contributed by atoms with Gasteiger partial charge in [-0.2, -0.15) is 0 Å². The molecule has 0 saturated heterocycles. The summed E-state index contributed by atoms with van der Waals surface area (Å²) in [5.41, 5.74) is 7.66. The lowest BCUT2D eigenvalue weighted by Gasteiger charge is -2.34. The maximum absolute atomic E-state index is 12.3. The first-order valence-corrected chi connectivity index (χ1v) is 6.57. The van der Waals surface area contributed by atoms with E-state index in [-0.39, 0.29) is 11.9 Å². The molecule has 1 aliphatic rings. The van der Waals surface area contributed by atoms with Crippen molar-refractivity contribution < 1.29 is 9.53 Å². The third-order valence-corrected chi connectivity index (χ3v) is 3.29. The van der Waals surface area contributed by atoms with Gasteiger partial charge in [0, 0.05) is 12.6 Å². The maximum atomic E-state index is 12.3. The van der Waals surface area contributed by atoms with E-state index in [0.29, 0.717) is 13.0 Å². The van der Waals surface area contributed by atoms with Crippen molar-refractivity contribution >= 4 is 11.6 Å². The molecule has 2 rings (SSSR count). The Hall–Kier alpha value is -1.81. The first-order chi connectivity index (χ1) is 9.08. The maximum Gasteiger partial charge on any atom is 0.268 e. The molecular weight excluding hydrogens is 240 g/mol. The second-order valence-corrected chi connectivity index (χ2v) is 4.77. The van der Waals surface area contributed by atoms with Gasteiger partial charge in [0.1, 0.15) is 5.75 Å². The van der Waals surface area contributed by atoms with Gasteiger partial charge in [-0.1, -0.05) is 19.1 Å². The Balaban J connectivity index is 2.47. The molecule has 0 spiro atoms. The van der Waals surface area contributed by atoms with Gasteiger partial charge in [-0.25, -0.2) is 0 Å². The second-order valence-electron chi connectivity index (χ2n) is 4.77. The number of benzene rings is 1.